The third kappa shape index (κ3) is 4.69. The molecular formula is C22H30N2O4. The third-order valence-corrected chi connectivity index (χ3v) is 5.48. The molecule has 6 nitrogen and oxygen atoms in total. The summed E-state index contributed by atoms with van der Waals surface area (Å²) in [5.74, 6) is 1.37. The first-order valence-electron chi connectivity index (χ1n) is 9.80. The zero-order valence-electron chi connectivity index (χ0n) is 16.6. The zero-order chi connectivity index (χ0) is 19.9. The van der Waals surface area contributed by atoms with Gasteiger partial charge in [-0.2, -0.15) is 0 Å². The van der Waals surface area contributed by atoms with E-state index in [1.807, 2.05) is 24.3 Å². The molecule has 1 aliphatic carbocycles. The van der Waals surface area contributed by atoms with Crippen molar-refractivity contribution in [2.45, 2.75) is 50.9 Å². The maximum Gasteiger partial charge on any atom is 0.162 e. The highest BCUT2D eigenvalue weighted by atomic mass is 16.5. The first-order chi connectivity index (χ1) is 13.6. The molecule has 2 aromatic rings. The van der Waals surface area contributed by atoms with Crippen LogP contribution in [0.5, 0.6) is 23.0 Å². The van der Waals surface area contributed by atoms with Crippen LogP contribution in [-0.2, 0) is 13.1 Å². The fraction of sp³-hybridized carbons (Fsp3) is 0.455. The van der Waals surface area contributed by atoms with Crippen LogP contribution >= 0.6 is 0 Å². The third-order valence-electron chi connectivity index (χ3n) is 5.48. The Morgan fingerprint density at radius 1 is 0.786 bits per heavy atom. The first-order valence-corrected chi connectivity index (χ1v) is 9.80. The molecule has 0 aliphatic heterocycles. The maximum atomic E-state index is 10.3. The van der Waals surface area contributed by atoms with Gasteiger partial charge in [0.05, 0.1) is 14.2 Å². The highest BCUT2D eigenvalue weighted by Gasteiger charge is 2.25. The zero-order valence-corrected chi connectivity index (χ0v) is 16.6. The molecule has 0 aromatic heterocycles. The number of ether oxygens (including phenoxy) is 2. The fourth-order valence-corrected chi connectivity index (χ4v) is 3.85. The molecule has 0 radical (unpaired) electrons. The summed E-state index contributed by atoms with van der Waals surface area (Å²) in [4.78, 5) is 0. The summed E-state index contributed by atoms with van der Waals surface area (Å²) in [6.45, 7) is 1.16. The number of phenols is 2. The van der Waals surface area contributed by atoms with Crippen molar-refractivity contribution < 1.29 is 19.7 Å². The van der Waals surface area contributed by atoms with Gasteiger partial charge in [-0.25, -0.2) is 0 Å². The molecule has 6 heteroatoms. The lowest BCUT2D eigenvalue weighted by Crippen LogP contribution is -2.49. The molecule has 2 atom stereocenters. The van der Waals surface area contributed by atoms with Crippen LogP contribution in [0.15, 0.2) is 36.4 Å². The molecule has 0 heterocycles. The molecule has 28 heavy (non-hydrogen) atoms. The predicted molar refractivity (Wildman–Crippen MR) is 109 cm³/mol. The summed E-state index contributed by atoms with van der Waals surface area (Å²) < 4.78 is 10.4. The number of rotatable bonds is 8. The SMILES string of the molecule is COc1cccc(CN[C@@H]2CCCC[C@H]2NCc2cccc(OC)c2O)c1O. The van der Waals surface area contributed by atoms with Gasteiger partial charge < -0.3 is 30.3 Å². The van der Waals surface area contributed by atoms with Crippen molar-refractivity contribution >= 4 is 0 Å². The van der Waals surface area contributed by atoms with E-state index in [4.69, 9.17) is 9.47 Å². The van der Waals surface area contributed by atoms with E-state index in [1.54, 1.807) is 26.4 Å². The molecule has 0 amide bonds. The van der Waals surface area contributed by atoms with Gasteiger partial charge in [-0.15, -0.1) is 0 Å². The van der Waals surface area contributed by atoms with Crippen molar-refractivity contribution in [1.82, 2.24) is 10.6 Å². The molecule has 0 bridgehead atoms. The predicted octanol–water partition coefficient (Wildman–Crippen LogP) is 3.31. The molecular weight excluding hydrogens is 356 g/mol. The van der Waals surface area contributed by atoms with E-state index in [0.29, 0.717) is 36.7 Å². The quantitative estimate of drug-likeness (QED) is 0.557. The number of nitrogens with one attached hydrogen (secondary N) is 2. The van der Waals surface area contributed by atoms with Crippen LogP contribution in [0.25, 0.3) is 0 Å². The van der Waals surface area contributed by atoms with E-state index in [0.717, 1.165) is 24.0 Å². The van der Waals surface area contributed by atoms with Crippen LogP contribution in [0.3, 0.4) is 0 Å². The Morgan fingerprint density at radius 3 is 1.61 bits per heavy atom. The Balaban J connectivity index is 1.61. The largest absolute Gasteiger partial charge is 0.504 e. The molecule has 2 aromatic carbocycles. The number of phenolic OH excluding ortho intramolecular Hbond substituents is 2. The fourth-order valence-electron chi connectivity index (χ4n) is 3.85. The molecule has 152 valence electrons. The lowest BCUT2D eigenvalue weighted by atomic mass is 9.90. The Hall–Kier alpha value is -2.44. The van der Waals surface area contributed by atoms with Gasteiger partial charge in [-0.1, -0.05) is 37.1 Å². The molecule has 4 N–H and O–H groups in total. The summed E-state index contributed by atoms with van der Waals surface area (Å²) in [5, 5.41) is 27.8. The highest BCUT2D eigenvalue weighted by molar-refractivity contribution is 5.46. The smallest absolute Gasteiger partial charge is 0.162 e. The number of aromatic hydroxyl groups is 2. The number of benzene rings is 2. The summed E-state index contributed by atoms with van der Waals surface area (Å²) in [6, 6.07) is 11.7. The second-order valence-corrected chi connectivity index (χ2v) is 7.20. The van der Waals surface area contributed by atoms with E-state index >= 15 is 0 Å². The second kappa shape index (κ2) is 9.66. The Kier molecular flexibility index (Phi) is 7.01. The van der Waals surface area contributed by atoms with E-state index in [1.165, 1.54) is 12.8 Å². The van der Waals surface area contributed by atoms with Gasteiger partial charge in [0, 0.05) is 36.3 Å². The van der Waals surface area contributed by atoms with Crippen molar-refractivity contribution in [3.05, 3.63) is 47.5 Å². The van der Waals surface area contributed by atoms with Crippen LogP contribution in [0.1, 0.15) is 36.8 Å². The lowest BCUT2D eigenvalue weighted by Gasteiger charge is -2.33. The van der Waals surface area contributed by atoms with Gasteiger partial charge in [-0.3, -0.25) is 0 Å². The topological polar surface area (TPSA) is 83.0 Å². The van der Waals surface area contributed by atoms with Gasteiger partial charge in [0.2, 0.25) is 0 Å². The summed E-state index contributed by atoms with van der Waals surface area (Å²) in [7, 11) is 3.11. The number of methoxy groups -OCH3 is 2. The van der Waals surface area contributed by atoms with Gasteiger partial charge in [0.25, 0.3) is 0 Å². The molecule has 1 fully saturated rings. The molecule has 1 aliphatic rings. The van der Waals surface area contributed by atoms with Crippen LogP contribution in [0.2, 0.25) is 0 Å². The Bertz CT molecular complexity index is 716. The maximum absolute atomic E-state index is 10.3. The summed E-state index contributed by atoms with van der Waals surface area (Å²) >= 11 is 0. The molecule has 0 unspecified atom stereocenters. The van der Waals surface area contributed by atoms with Crippen LogP contribution in [-0.4, -0.2) is 36.5 Å². The first kappa shape index (κ1) is 20.3. The minimum atomic E-state index is 0.194. The second-order valence-electron chi connectivity index (χ2n) is 7.20. The number of para-hydroxylation sites is 2. The monoisotopic (exact) mass is 386 g/mol. The van der Waals surface area contributed by atoms with E-state index in [-0.39, 0.29) is 11.5 Å². The van der Waals surface area contributed by atoms with Crippen molar-refractivity contribution in [2.75, 3.05) is 14.2 Å². The minimum absolute atomic E-state index is 0.194. The average molecular weight is 386 g/mol. The Labute approximate surface area is 166 Å². The van der Waals surface area contributed by atoms with Gasteiger partial charge in [0.1, 0.15) is 0 Å². The van der Waals surface area contributed by atoms with E-state index in [2.05, 4.69) is 10.6 Å². The number of hydrogen-bond acceptors (Lipinski definition) is 6. The van der Waals surface area contributed by atoms with Crippen molar-refractivity contribution in [3.63, 3.8) is 0 Å². The minimum Gasteiger partial charge on any atom is -0.504 e. The van der Waals surface area contributed by atoms with Gasteiger partial charge in [-0.05, 0) is 25.0 Å². The van der Waals surface area contributed by atoms with Crippen LogP contribution < -0.4 is 20.1 Å². The van der Waals surface area contributed by atoms with Crippen molar-refractivity contribution in [2.24, 2.45) is 0 Å². The normalized spacial score (nSPS) is 19.4. The van der Waals surface area contributed by atoms with Gasteiger partial charge >= 0.3 is 0 Å². The van der Waals surface area contributed by atoms with E-state index < -0.39 is 0 Å². The summed E-state index contributed by atoms with van der Waals surface area (Å²) in [6.07, 6.45) is 4.52. The number of hydrogen-bond donors (Lipinski definition) is 4. The van der Waals surface area contributed by atoms with Gasteiger partial charge in [0.15, 0.2) is 23.0 Å². The van der Waals surface area contributed by atoms with Crippen LogP contribution in [0.4, 0.5) is 0 Å². The van der Waals surface area contributed by atoms with E-state index in [9.17, 15) is 10.2 Å². The lowest BCUT2D eigenvalue weighted by molar-refractivity contribution is 0.278. The Morgan fingerprint density at radius 2 is 1.21 bits per heavy atom. The molecule has 0 spiro atoms. The highest BCUT2D eigenvalue weighted by Crippen LogP contribution is 2.31. The van der Waals surface area contributed by atoms with Crippen molar-refractivity contribution in [1.29, 1.82) is 0 Å². The summed E-state index contributed by atoms with van der Waals surface area (Å²) in [5.41, 5.74) is 1.66. The average Bonchev–Trinajstić information content (AvgIpc) is 2.73. The van der Waals surface area contributed by atoms with Crippen LogP contribution in [0, 0.1) is 0 Å². The standard InChI is InChI=1S/C22H30N2O4/c1-27-19-11-5-7-15(21(19)25)13-23-17-9-3-4-10-18(17)24-14-16-8-6-12-20(28-2)22(16)26/h5-8,11-12,17-18,23-26H,3-4,9-10,13-14H2,1-2H3/t17-,18-/m1/s1. The molecule has 1 saturated carbocycles. The molecule has 0 saturated heterocycles. The van der Waals surface area contributed by atoms with Crippen molar-refractivity contribution in [3.8, 4) is 23.0 Å². The molecule has 3 rings (SSSR count).